The maximum Gasteiger partial charge on any atom is 0.410 e. The van der Waals surface area contributed by atoms with Crippen molar-refractivity contribution >= 4 is 28.7 Å². The Kier molecular flexibility index (Phi) is 13.4. The van der Waals surface area contributed by atoms with Crippen molar-refractivity contribution in [2.24, 2.45) is 0 Å². The van der Waals surface area contributed by atoms with Gasteiger partial charge in [-0.3, -0.25) is 4.90 Å². The average molecular weight is 598 g/mol. The second-order valence-corrected chi connectivity index (χ2v) is 11.3. The number of rotatable bonds is 14. The summed E-state index contributed by atoms with van der Waals surface area (Å²) >= 11 is 2.36. The molecule has 6 atom stereocenters. The first-order valence-corrected chi connectivity index (χ1v) is 14.8. The molecule has 0 aromatic carbocycles. The van der Waals surface area contributed by atoms with Crippen LogP contribution in [0.4, 0.5) is 4.79 Å². The van der Waals surface area contributed by atoms with Crippen molar-refractivity contribution in [3.8, 4) is 0 Å². The Labute approximate surface area is 221 Å². The van der Waals surface area contributed by atoms with Crippen LogP contribution in [0.3, 0.4) is 0 Å². The number of alkyl halides is 1. The topological polar surface area (TPSA) is 66.5 Å². The van der Waals surface area contributed by atoms with Crippen LogP contribution < -0.4 is 0 Å². The van der Waals surface area contributed by atoms with Gasteiger partial charge in [0.25, 0.3) is 0 Å². The number of ether oxygens (including phenoxy) is 5. The first-order valence-electron chi connectivity index (χ1n) is 13.3. The summed E-state index contributed by atoms with van der Waals surface area (Å²) < 4.78 is 32.2. The minimum atomic E-state index is -0.564. The molecule has 0 bridgehead atoms. The summed E-state index contributed by atoms with van der Waals surface area (Å²) in [4.78, 5) is 15.3. The zero-order valence-electron chi connectivity index (χ0n) is 22.2. The molecule has 0 radical (unpaired) electrons. The third-order valence-corrected chi connectivity index (χ3v) is 7.32. The maximum absolute atomic E-state index is 13.4. The molecule has 7 nitrogen and oxygen atoms in total. The van der Waals surface area contributed by atoms with Crippen LogP contribution in [0.5, 0.6) is 0 Å². The van der Waals surface area contributed by atoms with E-state index in [0.29, 0.717) is 26.4 Å². The number of likely N-dealkylation sites (tertiary alicyclic amines) is 1. The molecule has 2 aliphatic rings. The number of carbonyl (C=O) groups excluding carboxylic acids is 1. The van der Waals surface area contributed by atoms with Crippen molar-refractivity contribution in [1.82, 2.24) is 4.90 Å². The summed E-state index contributed by atoms with van der Waals surface area (Å²) in [6.45, 7) is 14.7. The van der Waals surface area contributed by atoms with Gasteiger partial charge in [0.2, 0.25) is 0 Å². The van der Waals surface area contributed by atoms with E-state index in [4.69, 9.17) is 23.7 Å². The Balaban J connectivity index is 2.32. The van der Waals surface area contributed by atoms with Gasteiger partial charge >= 0.3 is 6.09 Å². The number of halogens is 1. The third-order valence-electron chi connectivity index (χ3n) is 6.30. The minimum absolute atomic E-state index is 0.0405. The Morgan fingerprint density at radius 2 is 1.56 bits per heavy atom. The van der Waals surface area contributed by atoms with Gasteiger partial charge in [-0.2, -0.15) is 0 Å². The van der Waals surface area contributed by atoms with Crippen LogP contribution in [0.15, 0.2) is 0 Å². The molecular weight excluding hydrogens is 549 g/mol. The Hall–Kier alpha value is -0.160. The molecule has 2 rings (SSSR count). The van der Waals surface area contributed by atoms with E-state index < -0.39 is 5.60 Å². The van der Waals surface area contributed by atoms with Gasteiger partial charge in [0.15, 0.2) is 0 Å². The lowest BCUT2D eigenvalue weighted by molar-refractivity contribution is -0.228. The lowest BCUT2D eigenvalue weighted by Crippen LogP contribution is -2.64. The van der Waals surface area contributed by atoms with Crippen LogP contribution in [0.25, 0.3) is 0 Å². The molecule has 0 aliphatic carbocycles. The van der Waals surface area contributed by atoms with Crippen LogP contribution in [-0.2, 0) is 23.7 Å². The number of hydrogen-bond acceptors (Lipinski definition) is 6. The highest BCUT2D eigenvalue weighted by Gasteiger charge is 2.57. The van der Waals surface area contributed by atoms with Crippen LogP contribution in [0.1, 0.15) is 86.5 Å². The standard InChI is InChI=1S/C26H48INO6/c1-7-10-13-30-18-21-23(31-14-11-8-2)24(32-15-12-9-3)22-20(33-21)16-19(17-27)28(22)25(29)34-26(4,5)6/h19-24H,7-18H2,1-6H3/t19-,20+,21?,22?,23+,24?/m0/s1. The normalized spacial score (nSPS) is 29.3. The van der Waals surface area contributed by atoms with Crippen molar-refractivity contribution < 1.29 is 28.5 Å². The van der Waals surface area contributed by atoms with E-state index >= 15 is 0 Å². The first kappa shape index (κ1) is 30.1. The van der Waals surface area contributed by atoms with E-state index in [2.05, 4.69) is 43.4 Å². The Morgan fingerprint density at radius 1 is 0.971 bits per heavy atom. The largest absolute Gasteiger partial charge is 0.444 e. The first-order chi connectivity index (χ1) is 16.3. The molecule has 0 aromatic heterocycles. The minimum Gasteiger partial charge on any atom is -0.444 e. The number of amides is 1. The predicted molar refractivity (Wildman–Crippen MR) is 143 cm³/mol. The van der Waals surface area contributed by atoms with Gasteiger partial charge in [-0.1, -0.05) is 62.6 Å². The average Bonchev–Trinajstić information content (AvgIpc) is 3.15. The summed E-state index contributed by atoms with van der Waals surface area (Å²) in [5.41, 5.74) is -0.564. The molecule has 0 spiro atoms. The second kappa shape index (κ2) is 15.2. The Morgan fingerprint density at radius 3 is 2.12 bits per heavy atom. The van der Waals surface area contributed by atoms with Crippen LogP contribution in [0, 0.1) is 0 Å². The number of nitrogens with zero attached hydrogens (tertiary/aromatic N) is 1. The molecular formula is C26H48INO6. The van der Waals surface area contributed by atoms with Crippen LogP contribution in [-0.4, -0.2) is 83.9 Å². The summed E-state index contributed by atoms with van der Waals surface area (Å²) in [5.74, 6) is 0. The zero-order chi connectivity index (χ0) is 25.1. The summed E-state index contributed by atoms with van der Waals surface area (Å²) in [6.07, 6.45) is 5.75. The fourth-order valence-corrected chi connectivity index (χ4v) is 5.37. The highest BCUT2D eigenvalue weighted by atomic mass is 127. The molecule has 2 saturated heterocycles. The van der Waals surface area contributed by atoms with Crippen LogP contribution in [0.2, 0.25) is 0 Å². The molecule has 2 fully saturated rings. The van der Waals surface area contributed by atoms with Gasteiger partial charge in [0, 0.05) is 30.3 Å². The highest BCUT2D eigenvalue weighted by Crippen LogP contribution is 2.40. The summed E-state index contributed by atoms with van der Waals surface area (Å²) in [7, 11) is 0. The van der Waals surface area contributed by atoms with Crippen LogP contribution >= 0.6 is 22.6 Å². The van der Waals surface area contributed by atoms with Crippen molar-refractivity contribution in [2.75, 3.05) is 30.9 Å². The summed E-state index contributed by atoms with van der Waals surface area (Å²) in [6, 6.07) is -0.191. The fourth-order valence-electron chi connectivity index (χ4n) is 4.58. The fraction of sp³-hybridized carbons (Fsp3) is 0.962. The van der Waals surface area contributed by atoms with Gasteiger partial charge < -0.3 is 23.7 Å². The van der Waals surface area contributed by atoms with Crippen molar-refractivity contribution in [1.29, 1.82) is 0 Å². The van der Waals surface area contributed by atoms with Gasteiger partial charge in [-0.25, -0.2) is 4.79 Å². The molecule has 2 aliphatic heterocycles. The monoisotopic (exact) mass is 597 g/mol. The molecule has 0 N–H and O–H groups in total. The number of carbonyl (C=O) groups is 1. The highest BCUT2D eigenvalue weighted by molar-refractivity contribution is 14.1. The molecule has 0 aromatic rings. The SMILES string of the molecule is CCCCOCC1O[C@@H]2C[C@@H](CI)N(C(=O)OC(C)(C)C)C2C(OCCCC)[C@@H]1OCCCC. The molecule has 8 heteroatoms. The zero-order valence-corrected chi connectivity index (χ0v) is 24.4. The van der Waals surface area contributed by atoms with Crippen molar-refractivity contribution in [2.45, 2.75) is 129 Å². The van der Waals surface area contributed by atoms with E-state index in [1.807, 2.05) is 25.7 Å². The molecule has 200 valence electrons. The van der Waals surface area contributed by atoms with Crippen molar-refractivity contribution in [3.05, 3.63) is 0 Å². The Bertz CT molecular complexity index is 586. The summed E-state index contributed by atoms with van der Waals surface area (Å²) in [5, 5.41) is 0. The lowest BCUT2D eigenvalue weighted by Gasteiger charge is -2.46. The third kappa shape index (κ3) is 8.75. The molecule has 0 saturated carbocycles. The number of unbranched alkanes of at least 4 members (excludes halogenated alkanes) is 3. The van der Waals surface area contributed by atoms with Crippen molar-refractivity contribution in [3.63, 3.8) is 0 Å². The predicted octanol–water partition coefficient (Wildman–Crippen LogP) is 5.75. The quantitative estimate of drug-likeness (QED) is 0.144. The molecule has 3 unspecified atom stereocenters. The van der Waals surface area contributed by atoms with E-state index in [1.54, 1.807) is 0 Å². The molecule has 1 amide bonds. The maximum atomic E-state index is 13.4. The van der Waals surface area contributed by atoms with Gasteiger partial charge in [0.05, 0.1) is 18.8 Å². The van der Waals surface area contributed by atoms with Gasteiger partial charge in [-0.15, -0.1) is 0 Å². The van der Waals surface area contributed by atoms with E-state index in [1.165, 1.54) is 0 Å². The van der Waals surface area contributed by atoms with Gasteiger partial charge in [0.1, 0.15) is 23.9 Å². The lowest BCUT2D eigenvalue weighted by atomic mass is 9.92. The van der Waals surface area contributed by atoms with E-state index in [0.717, 1.165) is 49.4 Å². The molecule has 2 heterocycles. The molecule has 34 heavy (non-hydrogen) atoms. The number of fused-ring (bicyclic) bond motifs is 1. The number of hydrogen-bond donors (Lipinski definition) is 0. The van der Waals surface area contributed by atoms with E-state index in [-0.39, 0.29) is 42.6 Å². The smallest absolute Gasteiger partial charge is 0.410 e. The second-order valence-electron chi connectivity index (χ2n) is 10.4. The van der Waals surface area contributed by atoms with E-state index in [9.17, 15) is 4.79 Å². The van der Waals surface area contributed by atoms with Gasteiger partial charge in [-0.05, 0) is 46.5 Å².